The van der Waals surface area contributed by atoms with Crippen LogP contribution in [-0.2, 0) is 0 Å². The molecule has 0 radical (unpaired) electrons. The fraction of sp³-hybridized carbons (Fsp3) is 0.0345. The van der Waals surface area contributed by atoms with E-state index < -0.39 is 0 Å². The summed E-state index contributed by atoms with van der Waals surface area (Å²) in [5.41, 5.74) is 13.5. The first kappa shape index (κ1) is 35.5. The Labute approximate surface area is 363 Å². The average Bonchev–Trinajstić information content (AvgIpc) is 4.01. The van der Waals surface area contributed by atoms with Gasteiger partial charge in [-0.1, -0.05) is 176 Å². The maximum atomic E-state index is 5.32. The Bertz CT molecular complexity index is 3770. The lowest BCUT2D eigenvalue weighted by atomic mass is 9.97. The zero-order valence-corrected chi connectivity index (χ0v) is 34.3. The minimum atomic E-state index is 0.139. The Morgan fingerprint density at radius 3 is 1.60 bits per heavy atom. The van der Waals surface area contributed by atoms with E-state index in [1.807, 2.05) is 6.07 Å². The highest BCUT2D eigenvalue weighted by Gasteiger charge is 2.24. The number of hydrogen-bond donors (Lipinski definition) is 0. The SMILES string of the molecule is C1=CC(n2c3ccccc3c3ccc4c5ccccc5n(-c5cccc(-c6cc(-n7c8ccccc8c8ccccc87)nc(-c7ccccc7)n6)c5)c4c32)CC=C1c1ccccc1. The molecule has 8 aromatic carbocycles. The topological polar surface area (TPSA) is 40.6 Å². The molecule has 4 aromatic heterocycles. The monoisotopic (exact) mass is 805 g/mol. The third kappa shape index (κ3) is 5.56. The highest BCUT2D eigenvalue weighted by Crippen LogP contribution is 2.44. The van der Waals surface area contributed by atoms with Crippen LogP contribution in [-0.4, -0.2) is 23.7 Å². The van der Waals surface area contributed by atoms with Crippen molar-refractivity contribution in [2.45, 2.75) is 12.5 Å². The predicted molar refractivity (Wildman–Crippen MR) is 262 cm³/mol. The van der Waals surface area contributed by atoms with Gasteiger partial charge in [0, 0.05) is 60.7 Å². The number of rotatable bonds is 6. The van der Waals surface area contributed by atoms with Gasteiger partial charge < -0.3 is 9.13 Å². The van der Waals surface area contributed by atoms with E-state index in [4.69, 9.17) is 9.97 Å². The third-order valence-electron chi connectivity index (χ3n) is 13.0. The molecule has 0 bridgehead atoms. The summed E-state index contributed by atoms with van der Waals surface area (Å²) in [4.78, 5) is 10.6. The van der Waals surface area contributed by atoms with Gasteiger partial charge in [0.2, 0.25) is 0 Å². The van der Waals surface area contributed by atoms with Crippen molar-refractivity contribution in [1.82, 2.24) is 23.7 Å². The lowest BCUT2D eigenvalue weighted by Crippen LogP contribution is -2.09. The number of nitrogens with zero attached hydrogens (tertiary/aromatic N) is 5. The molecule has 1 aliphatic carbocycles. The van der Waals surface area contributed by atoms with Crippen LogP contribution in [0.4, 0.5) is 0 Å². The van der Waals surface area contributed by atoms with E-state index in [-0.39, 0.29) is 6.04 Å². The molecule has 12 aromatic rings. The van der Waals surface area contributed by atoms with Crippen molar-refractivity contribution in [1.29, 1.82) is 0 Å². The van der Waals surface area contributed by atoms with Gasteiger partial charge in [-0.3, -0.25) is 4.57 Å². The molecule has 0 amide bonds. The fourth-order valence-corrected chi connectivity index (χ4v) is 10.2. The molecule has 4 heterocycles. The van der Waals surface area contributed by atoms with Crippen molar-refractivity contribution in [2.24, 2.45) is 0 Å². The maximum absolute atomic E-state index is 5.32. The summed E-state index contributed by atoms with van der Waals surface area (Å²) in [7, 11) is 0. The predicted octanol–water partition coefficient (Wildman–Crippen LogP) is 14.7. The molecule has 5 heteroatoms. The molecule has 63 heavy (non-hydrogen) atoms. The van der Waals surface area contributed by atoms with Gasteiger partial charge in [0.05, 0.1) is 39.3 Å². The summed E-state index contributed by atoms with van der Waals surface area (Å²) < 4.78 is 7.36. The molecule has 1 unspecified atom stereocenters. The van der Waals surface area contributed by atoms with Crippen LogP contribution in [0.5, 0.6) is 0 Å². The van der Waals surface area contributed by atoms with Gasteiger partial charge in [-0.15, -0.1) is 0 Å². The van der Waals surface area contributed by atoms with E-state index in [9.17, 15) is 0 Å². The zero-order valence-electron chi connectivity index (χ0n) is 34.3. The van der Waals surface area contributed by atoms with Gasteiger partial charge in [0.1, 0.15) is 5.82 Å². The number of fused-ring (bicyclic) bond motifs is 10. The van der Waals surface area contributed by atoms with Crippen molar-refractivity contribution in [2.75, 3.05) is 0 Å². The van der Waals surface area contributed by atoms with Crippen molar-refractivity contribution in [3.05, 3.63) is 224 Å². The standard InChI is InChI=1S/C58H39N5/c1-3-16-38(17-4-1)39-30-32-42(33-31-39)61-51-26-11-9-24-46(51)48-34-35-49-47-25-10-12-27-52(47)62(57(49)56(48)61)43-21-15-20-41(36-43)50-37-55(60-58(59-50)40-18-5-2-6-19-40)63-53-28-13-7-22-44(53)45-23-8-14-29-54(45)63/h1-32,34-37,42H,33H2. The Balaban J connectivity index is 1.04. The van der Waals surface area contributed by atoms with E-state index in [1.165, 1.54) is 60.0 Å². The van der Waals surface area contributed by atoms with Gasteiger partial charge in [-0.25, -0.2) is 9.97 Å². The number of benzene rings is 8. The van der Waals surface area contributed by atoms with E-state index in [1.54, 1.807) is 0 Å². The molecule has 0 fully saturated rings. The van der Waals surface area contributed by atoms with Crippen LogP contribution in [0.15, 0.2) is 218 Å². The first-order valence-corrected chi connectivity index (χ1v) is 21.7. The highest BCUT2D eigenvalue weighted by atomic mass is 15.1. The van der Waals surface area contributed by atoms with Crippen molar-refractivity contribution in [3.63, 3.8) is 0 Å². The second kappa shape index (κ2) is 14.2. The van der Waals surface area contributed by atoms with Gasteiger partial charge >= 0.3 is 0 Å². The number of allylic oxidation sites excluding steroid dienone is 4. The maximum Gasteiger partial charge on any atom is 0.162 e. The molecule has 0 saturated heterocycles. The Morgan fingerprint density at radius 2 is 0.952 bits per heavy atom. The molecule has 0 saturated carbocycles. The number of para-hydroxylation sites is 4. The van der Waals surface area contributed by atoms with Crippen LogP contribution in [0.25, 0.3) is 105 Å². The molecule has 0 aliphatic heterocycles. The summed E-state index contributed by atoms with van der Waals surface area (Å²) >= 11 is 0. The first-order chi connectivity index (χ1) is 31.3. The highest BCUT2D eigenvalue weighted by molar-refractivity contribution is 6.23. The summed E-state index contributed by atoms with van der Waals surface area (Å²) in [5, 5.41) is 7.37. The van der Waals surface area contributed by atoms with Crippen molar-refractivity contribution < 1.29 is 0 Å². The van der Waals surface area contributed by atoms with Gasteiger partial charge in [0.15, 0.2) is 5.82 Å². The Morgan fingerprint density at radius 1 is 0.413 bits per heavy atom. The normalized spacial score (nSPS) is 14.2. The molecule has 5 nitrogen and oxygen atoms in total. The molecular formula is C58H39N5. The molecule has 0 N–H and O–H groups in total. The number of aromatic nitrogens is 5. The van der Waals surface area contributed by atoms with E-state index in [0.29, 0.717) is 5.82 Å². The largest absolute Gasteiger partial charge is 0.331 e. The second-order valence-electron chi connectivity index (χ2n) is 16.5. The lowest BCUT2D eigenvalue weighted by molar-refractivity contribution is 0.650. The van der Waals surface area contributed by atoms with Crippen LogP contribution in [0.3, 0.4) is 0 Å². The fourth-order valence-electron chi connectivity index (χ4n) is 10.2. The summed E-state index contributed by atoms with van der Waals surface area (Å²) in [6.07, 6.45) is 8.00. The summed E-state index contributed by atoms with van der Waals surface area (Å²) in [5.74, 6) is 1.51. The van der Waals surface area contributed by atoms with Gasteiger partial charge in [-0.2, -0.15) is 0 Å². The molecule has 296 valence electrons. The quantitative estimate of drug-likeness (QED) is 0.168. The van der Waals surface area contributed by atoms with Crippen LogP contribution < -0.4 is 0 Å². The molecular weight excluding hydrogens is 767 g/mol. The summed E-state index contributed by atoms with van der Waals surface area (Å²) in [6.45, 7) is 0. The minimum Gasteiger partial charge on any atom is -0.331 e. The Kier molecular flexibility index (Phi) is 7.97. The molecule has 1 aliphatic rings. The third-order valence-corrected chi connectivity index (χ3v) is 13.0. The second-order valence-corrected chi connectivity index (χ2v) is 16.5. The Hall–Kier alpha value is -8.28. The van der Waals surface area contributed by atoms with Gasteiger partial charge in [-0.05, 0) is 54.0 Å². The van der Waals surface area contributed by atoms with E-state index >= 15 is 0 Å². The average molecular weight is 806 g/mol. The van der Waals surface area contributed by atoms with Gasteiger partial charge in [0.25, 0.3) is 0 Å². The van der Waals surface area contributed by atoms with Crippen LogP contribution in [0.1, 0.15) is 18.0 Å². The lowest BCUT2D eigenvalue weighted by Gasteiger charge is -2.22. The molecule has 1 atom stereocenters. The van der Waals surface area contributed by atoms with Crippen LogP contribution in [0.2, 0.25) is 0 Å². The first-order valence-electron chi connectivity index (χ1n) is 21.7. The smallest absolute Gasteiger partial charge is 0.162 e. The van der Waals surface area contributed by atoms with Crippen molar-refractivity contribution >= 4 is 71.0 Å². The molecule has 0 spiro atoms. The van der Waals surface area contributed by atoms with E-state index in [0.717, 1.165) is 51.3 Å². The number of hydrogen-bond acceptors (Lipinski definition) is 2. The van der Waals surface area contributed by atoms with Crippen molar-refractivity contribution in [3.8, 4) is 34.2 Å². The minimum absolute atomic E-state index is 0.139. The van der Waals surface area contributed by atoms with Crippen LogP contribution in [0, 0.1) is 0 Å². The zero-order chi connectivity index (χ0) is 41.4. The van der Waals surface area contributed by atoms with Crippen LogP contribution >= 0.6 is 0 Å². The molecule has 13 rings (SSSR count). The van der Waals surface area contributed by atoms with E-state index in [2.05, 4.69) is 226 Å². The summed E-state index contributed by atoms with van der Waals surface area (Å²) in [6, 6.07) is 71.8.